The topological polar surface area (TPSA) is 38.7 Å². The lowest BCUT2D eigenvalue weighted by atomic mass is 9.99. The van der Waals surface area contributed by atoms with E-state index in [1.807, 2.05) is 42.7 Å². The third-order valence-electron chi connectivity index (χ3n) is 3.91. The summed E-state index contributed by atoms with van der Waals surface area (Å²) in [4.78, 5) is 13.7. The number of aryl methyl sites for hydroxylation is 1. The van der Waals surface area contributed by atoms with Crippen LogP contribution in [0.4, 0.5) is 0 Å². The van der Waals surface area contributed by atoms with Crippen LogP contribution < -0.4 is 0 Å². The molecule has 0 saturated carbocycles. The Morgan fingerprint density at radius 2 is 1.52 bits per heavy atom. The summed E-state index contributed by atoms with van der Waals surface area (Å²) in [5.41, 5.74) is 5.14. The minimum Gasteiger partial charge on any atom is -0.256 e. The van der Waals surface area contributed by atoms with Gasteiger partial charge < -0.3 is 0 Å². The number of aromatic nitrogens is 3. The van der Waals surface area contributed by atoms with E-state index in [-0.39, 0.29) is 0 Å². The third kappa shape index (κ3) is 3.62. The zero-order valence-electron chi connectivity index (χ0n) is 13.4. The molecule has 3 rings (SSSR count). The SMILES string of the molecule is CCCCCc1cccnc1-c1cccnc1-c1ccccn1. The second-order valence-corrected chi connectivity index (χ2v) is 5.58. The second kappa shape index (κ2) is 7.63. The molecule has 0 amide bonds. The molecule has 3 heteroatoms. The van der Waals surface area contributed by atoms with Crippen LogP contribution in [0, 0.1) is 0 Å². The van der Waals surface area contributed by atoms with Gasteiger partial charge in [0.1, 0.15) is 0 Å². The summed E-state index contributed by atoms with van der Waals surface area (Å²) >= 11 is 0. The number of unbranched alkanes of at least 4 members (excludes halogenated alkanes) is 2. The Morgan fingerprint density at radius 1 is 0.739 bits per heavy atom. The molecule has 0 bridgehead atoms. The van der Waals surface area contributed by atoms with Crippen molar-refractivity contribution in [1.82, 2.24) is 15.0 Å². The molecule has 0 aliphatic rings. The van der Waals surface area contributed by atoms with E-state index in [1.165, 1.54) is 24.8 Å². The van der Waals surface area contributed by atoms with Crippen LogP contribution in [0.15, 0.2) is 61.1 Å². The van der Waals surface area contributed by atoms with Crippen LogP contribution in [0.25, 0.3) is 22.6 Å². The molecule has 0 radical (unpaired) electrons. The molecule has 116 valence electrons. The summed E-state index contributed by atoms with van der Waals surface area (Å²) in [6, 6.07) is 14.1. The lowest BCUT2D eigenvalue weighted by Gasteiger charge is -2.11. The van der Waals surface area contributed by atoms with Gasteiger partial charge in [0.15, 0.2) is 0 Å². The third-order valence-corrected chi connectivity index (χ3v) is 3.91. The van der Waals surface area contributed by atoms with Crippen molar-refractivity contribution in [3.8, 4) is 22.6 Å². The van der Waals surface area contributed by atoms with E-state index in [2.05, 4.69) is 34.0 Å². The van der Waals surface area contributed by atoms with Gasteiger partial charge in [-0.25, -0.2) is 0 Å². The molecule has 3 aromatic heterocycles. The van der Waals surface area contributed by atoms with Crippen LogP contribution >= 0.6 is 0 Å². The van der Waals surface area contributed by atoms with Crippen molar-refractivity contribution >= 4 is 0 Å². The molecule has 0 saturated heterocycles. The summed E-state index contributed by atoms with van der Waals surface area (Å²) < 4.78 is 0. The highest BCUT2D eigenvalue weighted by atomic mass is 14.8. The molecule has 3 heterocycles. The predicted octanol–water partition coefficient (Wildman–Crippen LogP) is 4.94. The fourth-order valence-corrected chi connectivity index (χ4v) is 2.75. The number of hydrogen-bond donors (Lipinski definition) is 0. The van der Waals surface area contributed by atoms with Gasteiger partial charge in [-0.3, -0.25) is 15.0 Å². The van der Waals surface area contributed by atoms with E-state index in [0.29, 0.717) is 0 Å². The highest BCUT2D eigenvalue weighted by Crippen LogP contribution is 2.30. The zero-order valence-corrected chi connectivity index (χ0v) is 13.4. The van der Waals surface area contributed by atoms with Crippen molar-refractivity contribution in [2.24, 2.45) is 0 Å². The average molecular weight is 303 g/mol. The number of rotatable bonds is 6. The van der Waals surface area contributed by atoms with Crippen LogP contribution in [0.1, 0.15) is 31.7 Å². The van der Waals surface area contributed by atoms with E-state index in [0.717, 1.165) is 29.1 Å². The molecule has 0 atom stereocenters. The molecule has 0 fully saturated rings. The molecule has 0 aliphatic carbocycles. The van der Waals surface area contributed by atoms with Crippen LogP contribution in [0.5, 0.6) is 0 Å². The lowest BCUT2D eigenvalue weighted by Crippen LogP contribution is -1.97. The number of nitrogens with zero attached hydrogens (tertiary/aromatic N) is 3. The van der Waals surface area contributed by atoms with Crippen molar-refractivity contribution in [2.75, 3.05) is 0 Å². The maximum atomic E-state index is 4.65. The fourth-order valence-electron chi connectivity index (χ4n) is 2.75. The Balaban J connectivity index is 2.03. The first-order chi connectivity index (χ1) is 11.4. The predicted molar refractivity (Wildman–Crippen MR) is 93.9 cm³/mol. The molecule has 0 aromatic carbocycles. The van der Waals surface area contributed by atoms with Crippen molar-refractivity contribution in [2.45, 2.75) is 32.6 Å². The van der Waals surface area contributed by atoms with E-state index in [1.54, 1.807) is 6.20 Å². The highest BCUT2D eigenvalue weighted by molar-refractivity contribution is 5.78. The fraction of sp³-hybridized carbons (Fsp3) is 0.250. The minimum absolute atomic E-state index is 0.883. The molecule has 3 aromatic rings. The molecule has 0 aliphatic heterocycles. The Kier molecular flexibility index (Phi) is 5.09. The van der Waals surface area contributed by atoms with Gasteiger partial charge in [-0.2, -0.15) is 0 Å². The summed E-state index contributed by atoms with van der Waals surface area (Å²) in [7, 11) is 0. The molecule has 23 heavy (non-hydrogen) atoms. The Hall–Kier alpha value is -2.55. The van der Waals surface area contributed by atoms with Crippen LogP contribution in [-0.4, -0.2) is 15.0 Å². The van der Waals surface area contributed by atoms with Crippen LogP contribution in [0.3, 0.4) is 0 Å². The molecule has 0 N–H and O–H groups in total. The first kappa shape index (κ1) is 15.3. The van der Waals surface area contributed by atoms with E-state index in [4.69, 9.17) is 0 Å². The van der Waals surface area contributed by atoms with Gasteiger partial charge in [0.25, 0.3) is 0 Å². The maximum Gasteiger partial charge on any atom is 0.0980 e. The van der Waals surface area contributed by atoms with Crippen LogP contribution in [0.2, 0.25) is 0 Å². The van der Waals surface area contributed by atoms with Crippen LogP contribution in [-0.2, 0) is 6.42 Å². The van der Waals surface area contributed by atoms with E-state index in [9.17, 15) is 0 Å². The van der Waals surface area contributed by atoms with Gasteiger partial charge in [0, 0.05) is 24.2 Å². The van der Waals surface area contributed by atoms with Gasteiger partial charge >= 0.3 is 0 Å². The largest absolute Gasteiger partial charge is 0.256 e. The maximum absolute atomic E-state index is 4.65. The Labute approximate surface area is 137 Å². The molecule has 0 spiro atoms. The zero-order chi connectivity index (χ0) is 15.9. The quantitative estimate of drug-likeness (QED) is 0.605. The summed E-state index contributed by atoms with van der Waals surface area (Å²) in [5.74, 6) is 0. The summed E-state index contributed by atoms with van der Waals surface area (Å²) in [5, 5.41) is 0. The Morgan fingerprint density at radius 3 is 2.30 bits per heavy atom. The number of pyridine rings is 3. The highest BCUT2D eigenvalue weighted by Gasteiger charge is 2.13. The van der Waals surface area contributed by atoms with E-state index >= 15 is 0 Å². The molecule has 3 nitrogen and oxygen atoms in total. The standard InChI is InChI=1S/C20H21N3/c1-2-3-4-9-16-10-7-14-22-19(16)17-11-8-15-23-20(17)18-12-5-6-13-21-18/h5-8,10-15H,2-4,9H2,1H3. The first-order valence-corrected chi connectivity index (χ1v) is 8.21. The van der Waals surface area contributed by atoms with Crippen molar-refractivity contribution < 1.29 is 0 Å². The van der Waals surface area contributed by atoms with Gasteiger partial charge in [-0.15, -0.1) is 0 Å². The van der Waals surface area contributed by atoms with E-state index < -0.39 is 0 Å². The molecule has 0 unspecified atom stereocenters. The lowest BCUT2D eigenvalue weighted by molar-refractivity contribution is 0.717. The number of hydrogen-bond acceptors (Lipinski definition) is 3. The summed E-state index contributed by atoms with van der Waals surface area (Å²) in [6.45, 7) is 2.23. The van der Waals surface area contributed by atoms with Crippen molar-refractivity contribution in [1.29, 1.82) is 0 Å². The monoisotopic (exact) mass is 303 g/mol. The van der Waals surface area contributed by atoms with Crippen molar-refractivity contribution in [3.05, 3.63) is 66.6 Å². The average Bonchev–Trinajstić information content (AvgIpc) is 2.63. The smallest absolute Gasteiger partial charge is 0.0980 e. The van der Waals surface area contributed by atoms with Gasteiger partial charge in [0.05, 0.1) is 17.1 Å². The van der Waals surface area contributed by atoms with Crippen molar-refractivity contribution in [3.63, 3.8) is 0 Å². The van der Waals surface area contributed by atoms with Gasteiger partial charge in [-0.1, -0.05) is 31.9 Å². The first-order valence-electron chi connectivity index (χ1n) is 8.21. The normalized spacial score (nSPS) is 10.7. The van der Waals surface area contributed by atoms with Gasteiger partial charge in [-0.05, 0) is 48.7 Å². The van der Waals surface area contributed by atoms with Gasteiger partial charge in [0.2, 0.25) is 0 Å². The molecular weight excluding hydrogens is 282 g/mol. The minimum atomic E-state index is 0.883. The molecular formula is C20H21N3. The Bertz CT molecular complexity index is 754. The second-order valence-electron chi connectivity index (χ2n) is 5.58. The summed E-state index contributed by atoms with van der Waals surface area (Å²) in [6.07, 6.45) is 10.2.